The molecule has 0 radical (unpaired) electrons. The SMILES string of the molecule is CCOC(=O)[C@@H]1CC1c1ccc(-c2cc3cc(C(=O)N4CCc5ccccc5[C@H]4C)cc(CC)n3n2)c(F)c1. The zero-order valence-corrected chi connectivity index (χ0v) is 22.5. The first-order valence-corrected chi connectivity index (χ1v) is 13.8. The number of aromatic nitrogens is 2. The third-order valence-corrected chi connectivity index (χ3v) is 8.18. The zero-order valence-electron chi connectivity index (χ0n) is 22.5. The number of fused-ring (bicyclic) bond motifs is 2. The number of esters is 1. The molecule has 3 heterocycles. The summed E-state index contributed by atoms with van der Waals surface area (Å²) in [5.41, 5.74) is 6.46. The average Bonchev–Trinajstić information content (AvgIpc) is 3.64. The summed E-state index contributed by atoms with van der Waals surface area (Å²) in [5.74, 6) is -0.788. The lowest BCUT2D eigenvalue weighted by Crippen LogP contribution is -2.38. The molecule has 2 aliphatic rings. The van der Waals surface area contributed by atoms with Crippen molar-refractivity contribution in [1.29, 1.82) is 0 Å². The molecule has 4 aromatic rings. The van der Waals surface area contributed by atoms with E-state index in [0.29, 0.717) is 42.8 Å². The number of halogens is 1. The molecule has 1 unspecified atom stereocenters. The van der Waals surface area contributed by atoms with Crippen molar-refractivity contribution in [3.05, 3.63) is 94.4 Å². The van der Waals surface area contributed by atoms with Gasteiger partial charge in [0.2, 0.25) is 0 Å². The summed E-state index contributed by atoms with van der Waals surface area (Å²) in [6.45, 7) is 6.91. The Hall–Kier alpha value is -4.00. The van der Waals surface area contributed by atoms with Gasteiger partial charge in [0.15, 0.2) is 0 Å². The Labute approximate surface area is 227 Å². The van der Waals surface area contributed by atoms with Crippen LogP contribution in [-0.2, 0) is 22.4 Å². The lowest BCUT2D eigenvalue weighted by Gasteiger charge is -2.35. The third kappa shape index (κ3) is 4.50. The number of rotatable bonds is 6. The number of pyridine rings is 1. The third-order valence-electron chi connectivity index (χ3n) is 8.18. The molecule has 1 amide bonds. The van der Waals surface area contributed by atoms with Crippen LogP contribution in [0.4, 0.5) is 4.39 Å². The van der Waals surface area contributed by atoms with Gasteiger partial charge in [0.1, 0.15) is 5.82 Å². The topological polar surface area (TPSA) is 63.9 Å². The molecule has 0 saturated heterocycles. The summed E-state index contributed by atoms with van der Waals surface area (Å²) < 4.78 is 22.2. The fourth-order valence-electron chi connectivity index (χ4n) is 5.93. The van der Waals surface area contributed by atoms with Crippen molar-refractivity contribution in [2.24, 2.45) is 5.92 Å². The molecule has 0 N–H and O–H groups in total. The Morgan fingerprint density at radius 3 is 2.67 bits per heavy atom. The van der Waals surface area contributed by atoms with E-state index in [4.69, 9.17) is 9.84 Å². The van der Waals surface area contributed by atoms with E-state index in [0.717, 1.165) is 23.2 Å². The first-order chi connectivity index (χ1) is 18.9. The van der Waals surface area contributed by atoms with E-state index in [2.05, 4.69) is 19.1 Å². The number of hydrogen-bond acceptors (Lipinski definition) is 4. The molecule has 39 heavy (non-hydrogen) atoms. The Kier molecular flexibility index (Phi) is 6.45. The molecular formula is C32H32FN3O3. The maximum absolute atomic E-state index is 15.3. The van der Waals surface area contributed by atoms with Crippen LogP contribution in [0, 0.1) is 11.7 Å². The molecule has 2 aromatic heterocycles. The minimum atomic E-state index is -0.374. The van der Waals surface area contributed by atoms with Gasteiger partial charge in [0, 0.05) is 23.4 Å². The molecule has 0 bridgehead atoms. The normalized spacial score (nSPS) is 20.1. The van der Waals surface area contributed by atoms with Crippen LogP contribution in [-0.4, -0.2) is 39.5 Å². The van der Waals surface area contributed by atoms with Crippen molar-refractivity contribution in [1.82, 2.24) is 14.5 Å². The van der Waals surface area contributed by atoms with E-state index in [-0.39, 0.29) is 35.6 Å². The number of aryl methyl sites for hydroxylation is 1. The van der Waals surface area contributed by atoms with Gasteiger partial charge in [-0.15, -0.1) is 0 Å². The molecule has 1 aliphatic heterocycles. The smallest absolute Gasteiger partial charge is 0.309 e. The van der Waals surface area contributed by atoms with E-state index >= 15 is 4.39 Å². The second-order valence-electron chi connectivity index (χ2n) is 10.5. The molecular weight excluding hydrogens is 493 g/mol. The Morgan fingerprint density at radius 2 is 1.90 bits per heavy atom. The Balaban J connectivity index is 1.29. The molecule has 1 saturated carbocycles. The highest BCUT2D eigenvalue weighted by Crippen LogP contribution is 2.48. The van der Waals surface area contributed by atoms with Gasteiger partial charge < -0.3 is 9.64 Å². The van der Waals surface area contributed by atoms with E-state index in [1.807, 2.05) is 48.2 Å². The van der Waals surface area contributed by atoms with Crippen LogP contribution in [0.5, 0.6) is 0 Å². The molecule has 7 heteroatoms. The van der Waals surface area contributed by atoms with Crippen molar-refractivity contribution in [2.75, 3.05) is 13.2 Å². The maximum atomic E-state index is 15.3. The lowest BCUT2D eigenvalue weighted by molar-refractivity contribution is -0.144. The number of carbonyl (C=O) groups is 2. The minimum absolute atomic E-state index is 0.00178. The first-order valence-electron chi connectivity index (χ1n) is 13.8. The van der Waals surface area contributed by atoms with Gasteiger partial charge in [0.05, 0.1) is 29.8 Å². The van der Waals surface area contributed by atoms with Crippen molar-refractivity contribution in [3.63, 3.8) is 0 Å². The van der Waals surface area contributed by atoms with E-state index in [1.165, 1.54) is 17.2 Å². The van der Waals surface area contributed by atoms with Gasteiger partial charge in [-0.1, -0.05) is 37.3 Å². The van der Waals surface area contributed by atoms with Crippen molar-refractivity contribution >= 4 is 17.4 Å². The summed E-state index contributed by atoms with van der Waals surface area (Å²) in [5, 5.41) is 4.71. The van der Waals surface area contributed by atoms with Crippen molar-refractivity contribution < 1.29 is 18.7 Å². The monoisotopic (exact) mass is 525 g/mol. The van der Waals surface area contributed by atoms with E-state index < -0.39 is 0 Å². The summed E-state index contributed by atoms with van der Waals surface area (Å²) in [6, 6.07) is 19.0. The number of benzene rings is 2. The van der Waals surface area contributed by atoms with Crippen LogP contribution in [0.1, 0.15) is 71.9 Å². The molecule has 1 aliphatic carbocycles. The lowest BCUT2D eigenvalue weighted by atomic mass is 9.93. The predicted molar refractivity (Wildman–Crippen MR) is 147 cm³/mol. The van der Waals surface area contributed by atoms with Crippen LogP contribution in [0.2, 0.25) is 0 Å². The molecule has 6 nitrogen and oxygen atoms in total. The quantitative estimate of drug-likeness (QED) is 0.284. The van der Waals surface area contributed by atoms with Crippen molar-refractivity contribution in [3.8, 4) is 11.3 Å². The molecule has 200 valence electrons. The summed E-state index contributed by atoms with van der Waals surface area (Å²) >= 11 is 0. The standard InChI is InChI=1S/C32H32FN3O3/c1-4-23-14-22(31(37)35-13-12-20-8-6-7-9-25(20)19(35)3)15-24-17-30(34-36(23)24)26-11-10-21(16-29(26)33)27-18-28(27)32(38)39-5-2/h6-11,14-17,19,27-28H,4-5,12-13,18H2,1-3H3/t19-,27?,28-/m1/s1. The summed E-state index contributed by atoms with van der Waals surface area (Å²) in [4.78, 5) is 27.6. The number of carbonyl (C=O) groups excluding carboxylic acids is 2. The molecule has 1 fully saturated rings. The second kappa shape index (κ2) is 9.95. The number of hydrogen-bond donors (Lipinski definition) is 0. The summed E-state index contributed by atoms with van der Waals surface area (Å²) in [6.07, 6.45) is 2.20. The molecule has 0 spiro atoms. The van der Waals surface area contributed by atoms with Crippen LogP contribution in [0.3, 0.4) is 0 Å². The van der Waals surface area contributed by atoms with Crippen LogP contribution >= 0.6 is 0 Å². The first kappa shape index (κ1) is 25.3. The predicted octanol–water partition coefficient (Wildman–Crippen LogP) is 6.13. The van der Waals surface area contributed by atoms with Crippen LogP contribution in [0.25, 0.3) is 16.8 Å². The van der Waals surface area contributed by atoms with Crippen LogP contribution < -0.4 is 0 Å². The Morgan fingerprint density at radius 1 is 1.08 bits per heavy atom. The van der Waals surface area contributed by atoms with E-state index in [1.54, 1.807) is 17.5 Å². The number of amides is 1. The van der Waals surface area contributed by atoms with Gasteiger partial charge in [-0.2, -0.15) is 5.10 Å². The van der Waals surface area contributed by atoms with Gasteiger partial charge >= 0.3 is 5.97 Å². The minimum Gasteiger partial charge on any atom is -0.466 e. The zero-order chi connectivity index (χ0) is 27.3. The average molecular weight is 526 g/mol. The van der Waals surface area contributed by atoms with E-state index in [9.17, 15) is 9.59 Å². The second-order valence-corrected chi connectivity index (χ2v) is 10.5. The fourth-order valence-corrected chi connectivity index (χ4v) is 5.93. The molecule has 3 atom stereocenters. The highest BCUT2D eigenvalue weighted by molar-refractivity contribution is 5.96. The highest BCUT2D eigenvalue weighted by Gasteiger charge is 2.45. The summed E-state index contributed by atoms with van der Waals surface area (Å²) in [7, 11) is 0. The Bertz CT molecular complexity index is 1590. The van der Waals surface area contributed by atoms with Gasteiger partial charge in [-0.05, 0) is 86.1 Å². The maximum Gasteiger partial charge on any atom is 0.309 e. The fraction of sp³-hybridized carbons (Fsp3) is 0.344. The van der Waals surface area contributed by atoms with Gasteiger partial charge in [-0.25, -0.2) is 8.91 Å². The van der Waals surface area contributed by atoms with Crippen LogP contribution in [0.15, 0.2) is 60.7 Å². The highest BCUT2D eigenvalue weighted by atomic mass is 19.1. The molecule has 6 rings (SSSR count). The van der Waals surface area contributed by atoms with Gasteiger partial charge in [-0.3, -0.25) is 9.59 Å². The van der Waals surface area contributed by atoms with Crippen molar-refractivity contribution in [2.45, 2.75) is 52.0 Å². The van der Waals surface area contributed by atoms with Gasteiger partial charge in [0.25, 0.3) is 5.91 Å². The number of ether oxygens (including phenoxy) is 1. The largest absolute Gasteiger partial charge is 0.466 e. The number of nitrogens with zero attached hydrogens (tertiary/aromatic N) is 3. The molecule has 2 aromatic carbocycles.